The lowest BCUT2D eigenvalue weighted by Gasteiger charge is -2.27. The van der Waals surface area contributed by atoms with Crippen LogP contribution in [0.4, 0.5) is 5.69 Å². The second-order valence-corrected chi connectivity index (χ2v) is 12.8. The van der Waals surface area contributed by atoms with Crippen LogP contribution in [0.25, 0.3) is 10.6 Å². The van der Waals surface area contributed by atoms with E-state index < -0.39 is 35.8 Å². The number of rotatable bonds is 16. The molecule has 0 radical (unpaired) electrons. The van der Waals surface area contributed by atoms with Gasteiger partial charge in [0.25, 0.3) is 5.56 Å². The number of unbranched alkanes of at least 4 members (excludes halogenated alkanes) is 4. The lowest BCUT2D eigenvalue weighted by molar-refractivity contribution is -0.139. The maximum Gasteiger partial charge on any atom is 0.330 e. The second kappa shape index (κ2) is 16.7. The molecule has 1 amide bonds. The second-order valence-electron chi connectivity index (χ2n) is 10.7. The van der Waals surface area contributed by atoms with E-state index in [2.05, 4.69) is 10.3 Å². The van der Waals surface area contributed by atoms with Crippen molar-refractivity contribution in [2.45, 2.75) is 84.0 Å². The van der Waals surface area contributed by atoms with E-state index in [0.717, 1.165) is 35.9 Å². The van der Waals surface area contributed by atoms with Gasteiger partial charge in [-0.05, 0) is 44.6 Å². The van der Waals surface area contributed by atoms with Crippen LogP contribution >= 0.6 is 20.7 Å². The first-order valence-corrected chi connectivity index (χ1v) is 16.5. The molecule has 3 rings (SSSR count). The highest BCUT2D eigenvalue weighted by Gasteiger charge is 2.36. The molecule has 11 nitrogen and oxygen atoms in total. The summed E-state index contributed by atoms with van der Waals surface area (Å²) in [6, 6.07) is 0. The van der Waals surface area contributed by atoms with Crippen molar-refractivity contribution >= 4 is 44.0 Å². The molecule has 0 aromatic carbocycles. The summed E-state index contributed by atoms with van der Waals surface area (Å²) < 4.78 is 10.7. The molecule has 5 N–H and O–H groups in total. The summed E-state index contributed by atoms with van der Waals surface area (Å²) in [6.45, 7) is 5.13. The number of H-pyrrole nitrogens is 1. The van der Waals surface area contributed by atoms with Gasteiger partial charge in [-0.25, -0.2) is 4.79 Å². The van der Waals surface area contributed by atoms with Crippen molar-refractivity contribution in [1.29, 1.82) is 0 Å². The van der Waals surface area contributed by atoms with Crippen LogP contribution in [0.15, 0.2) is 45.3 Å². The number of nitrogens with one attached hydrogen (secondary N) is 2. The lowest BCUT2D eigenvalue weighted by atomic mass is 9.95. The first kappa shape index (κ1) is 34.4. The Morgan fingerprint density at radius 3 is 2.65 bits per heavy atom. The number of aliphatic hydroxyl groups is 3. The van der Waals surface area contributed by atoms with E-state index in [1.807, 2.05) is 12.3 Å². The number of ether oxygens (including phenoxy) is 2. The summed E-state index contributed by atoms with van der Waals surface area (Å²) >= 11 is 0. The van der Waals surface area contributed by atoms with Crippen molar-refractivity contribution in [2.75, 3.05) is 18.5 Å². The number of aromatic nitrogens is 1. The van der Waals surface area contributed by atoms with Crippen LogP contribution in [0.2, 0.25) is 0 Å². The molecule has 3 heterocycles. The van der Waals surface area contributed by atoms with E-state index in [1.165, 1.54) is 27.6 Å². The van der Waals surface area contributed by atoms with Crippen molar-refractivity contribution in [3.8, 4) is 10.6 Å². The Hall–Kier alpha value is -3.10. The van der Waals surface area contributed by atoms with Crippen LogP contribution < -0.4 is 10.9 Å². The number of aliphatic hydroxyl groups excluding tert-OH is 3. The Bertz CT molecular complexity index is 1370. The number of aromatic amines is 1. The standard InChI is InChI=1S/C30H40N2O9S2/c1-17(19(3)33)10-9-11-20-15-41-28(27(38)26(20)37)25(36)18(2)14-23(35)40-13-8-6-4-5-7-12-22(34)32-24-29-21(16-42-43-29)31-30(24)39/h9-10,14,16-17,19,25,28,33,36-37H,4-8,11-13,15H2,1-3H3,(H,31,39)(H,32,34)/b10-9+,18-14+/t17-,19+,25-,28+/m1/s1. The quantitative estimate of drug-likeness (QED) is 0.0585. The Morgan fingerprint density at radius 2 is 1.91 bits per heavy atom. The number of carbonyl (C=O) groups excluding carboxylic acids is 3. The Kier molecular flexibility index (Phi) is 13.3. The molecule has 3 aliphatic heterocycles. The fraction of sp³-hybridized carbons (Fsp3) is 0.533. The van der Waals surface area contributed by atoms with E-state index in [0.29, 0.717) is 30.5 Å². The minimum absolute atomic E-state index is 0.0535. The number of carbonyl (C=O) groups is 3. The van der Waals surface area contributed by atoms with Gasteiger partial charge in [-0.2, -0.15) is 0 Å². The van der Waals surface area contributed by atoms with Gasteiger partial charge in [0.2, 0.25) is 11.7 Å². The first-order chi connectivity index (χ1) is 20.5. The van der Waals surface area contributed by atoms with Crippen molar-refractivity contribution in [3.05, 3.63) is 50.9 Å². The van der Waals surface area contributed by atoms with E-state index in [9.17, 15) is 34.5 Å². The van der Waals surface area contributed by atoms with Gasteiger partial charge in [0, 0.05) is 23.5 Å². The number of ketones is 1. The number of amides is 1. The van der Waals surface area contributed by atoms with Gasteiger partial charge in [0.05, 0.1) is 29.9 Å². The van der Waals surface area contributed by atoms with Crippen molar-refractivity contribution in [2.24, 2.45) is 5.92 Å². The highest BCUT2D eigenvalue weighted by Crippen LogP contribution is 2.35. The molecule has 0 aliphatic carbocycles. The van der Waals surface area contributed by atoms with E-state index >= 15 is 0 Å². The van der Waals surface area contributed by atoms with E-state index in [-0.39, 0.29) is 42.6 Å². The third kappa shape index (κ3) is 9.97. The minimum Gasteiger partial charge on any atom is -0.504 e. The van der Waals surface area contributed by atoms with E-state index in [1.54, 1.807) is 19.1 Å². The first-order valence-electron chi connectivity index (χ1n) is 14.3. The number of fused-ring (bicyclic) bond motifs is 1. The van der Waals surface area contributed by atoms with E-state index in [4.69, 9.17) is 9.47 Å². The van der Waals surface area contributed by atoms with Crippen LogP contribution in [-0.2, 0) is 23.9 Å². The van der Waals surface area contributed by atoms with Gasteiger partial charge in [0.15, 0.2) is 11.9 Å². The van der Waals surface area contributed by atoms with Gasteiger partial charge in [-0.15, -0.1) is 0 Å². The fourth-order valence-electron chi connectivity index (χ4n) is 4.35. The zero-order chi connectivity index (χ0) is 31.5. The van der Waals surface area contributed by atoms with Crippen LogP contribution in [0, 0.1) is 5.92 Å². The Balaban J connectivity index is 1.31. The zero-order valence-corrected chi connectivity index (χ0v) is 26.2. The smallest absolute Gasteiger partial charge is 0.330 e. The number of hydrogen-bond donors (Lipinski definition) is 5. The highest BCUT2D eigenvalue weighted by atomic mass is 32.9. The molecular weight excluding hydrogens is 596 g/mol. The van der Waals surface area contributed by atoms with Crippen molar-refractivity contribution in [3.63, 3.8) is 0 Å². The average Bonchev–Trinajstić information content (AvgIpc) is 3.53. The van der Waals surface area contributed by atoms with Gasteiger partial charge in [-0.3, -0.25) is 14.4 Å². The molecule has 0 saturated heterocycles. The largest absolute Gasteiger partial charge is 0.504 e. The molecular formula is C30H40N2O9S2. The molecule has 0 unspecified atom stereocenters. The van der Waals surface area contributed by atoms with Gasteiger partial charge >= 0.3 is 5.97 Å². The maximum atomic E-state index is 12.6. The molecule has 43 heavy (non-hydrogen) atoms. The van der Waals surface area contributed by atoms with Crippen LogP contribution in [-0.4, -0.2) is 69.5 Å². The number of esters is 1. The summed E-state index contributed by atoms with van der Waals surface area (Å²) in [6.07, 6.45) is 5.70. The summed E-state index contributed by atoms with van der Waals surface area (Å²) in [5.74, 6) is -2.16. The minimum atomic E-state index is -1.43. The van der Waals surface area contributed by atoms with Gasteiger partial charge in [-0.1, -0.05) is 59.0 Å². The maximum absolute atomic E-state index is 12.6. The molecule has 0 saturated carbocycles. The average molecular weight is 637 g/mol. The summed E-state index contributed by atoms with van der Waals surface area (Å²) in [5, 5.41) is 35.0. The number of anilines is 1. The number of hydrogen-bond acceptors (Lipinski definition) is 11. The van der Waals surface area contributed by atoms with Crippen LogP contribution in [0.1, 0.15) is 65.7 Å². The summed E-state index contributed by atoms with van der Waals surface area (Å²) in [5.41, 5.74) is 1.31. The van der Waals surface area contributed by atoms with Crippen molar-refractivity contribution < 1.29 is 39.2 Å². The molecule has 236 valence electrons. The molecule has 4 atom stereocenters. The summed E-state index contributed by atoms with van der Waals surface area (Å²) in [7, 11) is 2.93. The zero-order valence-electron chi connectivity index (χ0n) is 24.6. The SMILES string of the molecule is C/C(=C\C(=O)OCCCCCCCC(=O)Nc1c2sscc-2[nH]c1=O)[C@@H](O)[C@@H]1OCC(C/C=C/[C@@H](C)[C@H](C)O)=C(O)C1=O. The Morgan fingerprint density at radius 1 is 1.19 bits per heavy atom. The predicted molar refractivity (Wildman–Crippen MR) is 165 cm³/mol. The normalized spacial score (nSPS) is 18.3. The molecule has 0 aromatic rings. The fourth-order valence-corrected chi connectivity index (χ4v) is 6.51. The number of Topliss-reactive ketones (excluding diaryl/α,β-unsaturated/α-hetero) is 1. The lowest BCUT2D eigenvalue weighted by Crippen LogP contribution is -2.42. The van der Waals surface area contributed by atoms with Crippen molar-refractivity contribution in [1.82, 2.24) is 4.98 Å². The van der Waals surface area contributed by atoms with Gasteiger partial charge < -0.3 is 35.1 Å². The molecule has 0 spiro atoms. The molecule has 0 aromatic heterocycles. The summed E-state index contributed by atoms with van der Waals surface area (Å²) in [4.78, 5) is 52.5. The topological polar surface area (TPSA) is 175 Å². The molecule has 13 heteroatoms. The molecule has 0 fully saturated rings. The van der Waals surface area contributed by atoms with Crippen LogP contribution in [0.5, 0.6) is 0 Å². The Labute approximate surface area is 257 Å². The third-order valence-electron chi connectivity index (χ3n) is 7.23. The molecule has 3 aliphatic rings. The van der Waals surface area contributed by atoms with Gasteiger partial charge in [0.1, 0.15) is 11.8 Å². The highest BCUT2D eigenvalue weighted by molar-refractivity contribution is 7.70. The monoisotopic (exact) mass is 636 g/mol. The third-order valence-corrected chi connectivity index (χ3v) is 9.32. The predicted octanol–water partition coefficient (Wildman–Crippen LogP) is 4.48. The van der Waals surface area contributed by atoms with Crippen LogP contribution in [0.3, 0.4) is 0 Å². The molecule has 0 bridgehead atoms. The number of allylic oxidation sites excluding steroid dienone is 1.